The molecule has 3 nitrogen and oxygen atoms in total. The van der Waals surface area contributed by atoms with Crippen molar-refractivity contribution in [3.63, 3.8) is 0 Å². The van der Waals surface area contributed by atoms with Crippen molar-refractivity contribution in [2.75, 3.05) is 19.6 Å². The third kappa shape index (κ3) is 2.41. The summed E-state index contributed by atoms with van der Waals surface area (Å²) in [5.74, 6) is 0.143. The van der Waals surface area contributed by atoms with Gasteiger partial charge in [-0.3, -0.25) is 4.79 Å². The predicted molar refractivity (Wildman–Crippen MR) is 73.6 cm³/mol. The number of nitrogens with two attached hydrogens (primary N) is 1. The number of aryl methyl sites for hydroxylation is 2. The minimum absolute atomic E-state index is 0.0915. The van der Waals surface area contributed by atoms with E-state index >= 15 is 0 Å². The molecule has 1 fully saturated rings. The van der Waals surface area contributed by atoms with Gasteiger partial charge in [0.25, 0.3) is 5.91 Å². The van der Waals surface area contributed by atoms with Gasteiger partial charge in [-0.05, 0) is 43.9 Å². The Morgan fingerprint density at radius 3 is 2.72 bits per heavy atom. The third-order valence-electron chi connectivity index (χ3n) is 3.95. The number of hydrogen-bond acceptors (Lipinski definition) is 2. The first-order valence-electron chi connectivity index (χ1n) is 6.52. The Morgan fingerprint density at radius 1 is 1.44 bits per heavy atom. The van der Waals surface area contributed by atoms with Crippen molar-refractivity contribution in [3.05, 3.63) is 34.9 Å². The lowest BCUT2D eigenvalue weighted by atomic mass is 9.90. The fourth-order valence-electron chi connectivity index (χ4n) is 2.59. The first-order valence-corrected chi connectivity index (χ1v) is 6.52. The number of hydrogen-bond donors (Lipinski definition) is 1. The van der Waals surface area contributed by atoms with Crippen LogP contribution in [0.1, 0.15) is 34.8 Å². The molecule has 1 aromatic rings. The minimum atomic E-state index is 0.0915. The molecular weight excluding hydrogens is 224 g/mol. The third-order valence-corrected chi connectivity index (χ3v) is 3.95. The van der Waals surface area contributed by atoms with Crippen LogP contribution < -0.4 is 5.73 Å². The van der Waals surface area contributed by atoms with Gasteiger partial charge in [0.2, 0.25) is 0 Å². The highest BCUT2D eigenvalue weighted by Gasteiger charge is 2.35. The molecule has 1 aliphatic rings. The van der Waals surface area contributed by atoms with Gasteiger partial charge in [0.15, 0.2) is 0 Å². The molecule has 18 heavy (non-hydrogen) atoms. The summed E-state index contributed by atoms with van der Waals surface area (Å²) in [5, 5.41) is 0. The molecule has 0 aromatic heterocycles. The Balaban J connectivity index is 2.18. The van der Waals surface area contributed by atoms with Gasteiger partial charge in [-0.15, -0.1) is 0 Å². The van der Waals surface area contributed by atoms with Gasteiger partial charge in [0.05, 0.1) is 0 Å². The molecule has 2 N–H and O–H groups in total. The van der Waals surface area contributed by atoms with Gasteiger partial charge in [0.1, 0.15) is 0 Å². The highest BCUT2D eigenvalue weighted by atomic mass is 16.2. The Hall–Kier alpha value is -1.35. The van der Waals surface area contributed by atoms with Crippen LogP contribution in [0, 0.1) is 19.3 Å². The van der Waals surface area contributed by atoms with E-state index in [2.05, 4.69) is 13.0 Å². The van der Waals surface area contributed by atoms with Crippen molar-refractivity contribution >= 4 is 5.91 Å². The lowest BCUT2D eigenvalue weighted by Gasteiger charge is -2.23. The molecule has 0 saturated carbocycles. The summed E-state index contributed by atoms with van der Waals surface area (Å²) in [7, 11) is 0. The van der Waals surface area contributed by atoms with Crippen LogP contribution in [0.25, 0.3) is 0 Å². The first-order chi connectivity index (χ1) is 8.45. The minimum Gasteiger partial charge on any atom is -0.338 e. The molecule has 0 radical (unpaired) electrons. The Bertz CT molecular complexity index is 470. The molecule has 1 amide bonds. The number of benzene rings is 1. The predicted octanol–water partition coefficient (Wildman–Crippen LogP) is 2.11. The van der Waals surface area contributed by atoms with Gasteiger partial charge < -0.3 is 10.6 Å². The van der Waals surface area contributed by atoms with E-state index in [9.17, 15) is 4.79 Å². The van der Waals surface area contributed by atoms with Crippen LogP contribution in [0.5, 0.6) is 0 Å². The fourth-order valence-corrected chi connectivity index (χ4v) is 2.59. The largest absolute Gasteiger partial charge is 0.338 e. The molecule has 2 rings (SSSR count). The maximum absolute atomic E-state index is 12.5. The Labute approximate surface area is 109 Å². The first kappa shape index (κ1) is 13.1. The summed E-state index contributed by atoms with van der Waals surface area (Å²) in [6.45, 7) is 8.43. The maximum Gasteiger partial charge on any atom is 0.254 e. The average molecular weight is 246 g/mol. The number of amides is 1. The smallest absolute Gasteiger partial charge is 0.254 e. The second-order valence-electron chi connectivity index (χ2n) is 5.81. The fraction of sp³-hybridized carbons (Fsp3) is 0.533. The summed E-state index contributed by atoms with van der Waals surface area (Å²) in [6, 6.07) is 6.00. The molecule has 1 aromatic carbocycles. The van der Waals surface area contributed by atoms with E-state index in [0.717, 1.165) is 30.6 Å². The molecule has 0 spiro atoms. The lowest BCUT2D eigenvalue weighted by molar-refractivity contribution is 0.0776. The SMILES string of the molecule is Cc1ccc(C(=O)N2CCC(C)(CN)C2)c(C)c1. The number of carbonyl (C=O) groups is 1. The number of rotatable bonds is 2. The molecular formula is C15H22N2O. The summed E-state index contributed by atoms with van der Waals surface area (Å²) in [6.07, 6.45) is 1.00. The van der Waals surface area contributed by atoms with Crippen molar-refractivity contribution in [2.45, 2.75) is 27.2 Å². The molecule has 0 aliphatic carbocycles. The van der Waals surface area contributed by atoms with E-state index in [1.54, 1.807) is 0 Å². The highest BCUT2D eigenvalue weighted by molar-refractivity contribution is 5.95. The van der Waals surface area contributed by atoms with Crippen LogP contribution in [-0.4, -0.2) is 30.4 Å². The zero-order chi connectivity index (χ0) is 13.3. The summed E-state index contributed by atoms with van der Waals surface area (Å²) in [4.78, 5) is 14.4. The Kier molecular flexibility index (Phi) is 3.44. The van der Waals surface area contributed by atoms with E-state index in [4.69, 9.17) is 5.73 Å². The molecule has 1 aliphatic heterocycles. The van der Waals surface area contributed by atoms with Gasteiger partial charge >= 0.3 is 0 Å². The quantitative estimate of drug-likeness (QED) is 0.868. The molecule has 1 saturated heterocycles. The van der Waals surface area contributed by atoms with Crippen LogP contribution in [0.15, 0.2) is 18.2 Å². The summed E-state index contributed by atoms with van der Waals surface area (Å²) in [5.41, 5.74) is 8.94. The topological polar surface area (TPSA) is 46.3 Å². The van der Waals surface area contributed by atoms with E-state index in [1.807, 2.05) is 30.9 Å². The van der Waals surface area contributed by atoms with E-state index in [0.29, 0.717) is 6.54 Å². The van der Waals surface area contributed by atoms with E-state index in [-0.39, 0.29) is 11.3 Å². The second-order valence-corrected chi connectivity index (χ2v) is 5.81. The molecule has 0 bridgehead atoms. The normalized spacial score (nSPS) is 23.4. The van der Waals surface area contributed by atoms with Crippen LogP contribution >= 0.6 is 0 Å². The average Bonchev–Trinajstić information content (AvgIpc) is 2.72. The van der Waals surface area contributed by atoms with Gasteiger partial charge in [-0.1, -0.05) is 24.6 Å². The second kappa shape index (κ2) is 4.73. The Morgan fingerprint density at radius 2 is 2.17 bits per heavy atom. The zero-order valence-electron chi connectivity index (χ0n) is 11.5. The zero-order valence-corrected chi connectivity index (χ0v) is 11.5. The summed E-state index contributed by atoms with van der Waals surface area (Å²) < 4.78 is 0. The van der Waals surface area contributed by atoms with Crippen LogP contribution in [0.4, 0.5) is 0 Å². The summed E-state index contributed by atoms with van der Waals surface area (Å²) >= 11 is 0. The van der Waals surface area contributed by atoms with Crippen LogP contribution in [0.3, 0.4) is 0 Å². The van der Waals surface area contributed by atoms with Crippen LogP contribution in [0.2, 0.25) is 0 Å². The highest BCUT2D eigenvalue weighted by Crippen LogP contribution is 2.29. The van der Waals surface area contributed by atoms with Gasteiger partial charge in [0, 0.05) is 18.7 Å². The van der Waals surface area contributed by atoms with E-state index < -0.39 is 0 Å². The van der Waals surface area contributed by atoms with Crippen molar-refractivity contribution in [3.8, 4) is 0 Å². The number of carbonyl (C=O) groups excluding carboxylic acids is 1. The lowest BCUT2D eigenvalue weighted by Crippen LogP contribution is -2.34. The molecule has 1 atom stereocenters. The molecule has 98 valence electrons. The van der Waals surface area contributed by atoms with Crippen molar-refractivity contribution in [1.29, 1.82) is 0 Å². The molecule has 1 unspecified atom stereocenters. The van der Waals surface area contributed by atoms with Gasteiger partial charge in [-0.2, -0.15) is 0 Å². The number of likely N-dealkylation sites (tertiary alicyclic amines) is 1. The maximum atomic E-state index is 12.5. The van der Waals surface area contributed by atoms with Crippen LogP contribution in [-0.2, 0) is 0 Å². The van der Waals surface area contributed by atoms with Crippen molar-refractivity contribution in [1.82, 2.24) is 4.90 Å². The van der Waals surface area contributed by atoms with Crippen molar-refractivity contribution in [2.24, 2.45) is 11.1 Å². The molecule has 1 heterocycles. The monoisotopic (exact) mass is 246 g/mol. The van der Waals surface area contributed by atoms with Crippen molar-refractivity contribution < 1.29 is 4.79 Å². The van der Waals surface area contributed by atoms with E-state index in [1.165, 1.54) is 5.56 Å². The molecule has 3 heteroatoms. The standard InChI is InChI=1S/C15H22N2O/c1-11-4-5-13(12(2)8-11)14(18)17-7-6-15(3,9-16)10-17/h4-5,8H,6-7,9-10,16H2,1-3H3. The van der Waals surface area contributed by atoms with Gasteiger partial charge in [-0.25, -0.2) is 0 Å². The number of nitrogens with zero attached hydrogens (tertiary/aromatic N) is 1.